The lowest BCUT2D eigenvalue weighted by Gasteiger charge is -2.16. The number of nitrogens with two attached hydrogens (primary N) is 1. The maximum absolute atomic E-state index is 11.7. The van der Waals surface area contributed by atoms with Crippen LogP contribution in [0.4, 0.5) is 5.69 Å². The topological polar surface area (TPSA) is 80.0 Å². The number of aromatic nitrogens is 1. The Labute approximate surface area is 112 Å². The first kappa shape index (κ1) is 14.4. The molecule has 18 heavy (non-hydrogen) atoms. The molecular formula is C12H18N4OS. The summed E-state index contributed by atoms with van der Waals surface area (Å²) in [7, 11) is 0. The predicted molar refractivity (Wildman–Crippen MR) is 76.5 cm³/mol. The first-order valence-corrected chi connectivity index (χ1v) is 6.25. The van der Waals surface area contributed by atoms with Gasteiger partial charge in [0.1, 0.15) is 11.0 Å². The fourth-order valence-corrected chi connectivity index (χ4v) is 1.60. The van der Waals surface area contributed by atoms with E-state index in [4.69, 9.17) is 18.0 Å². The van der Waals surface area contributed by atoms with Crippen molar-refractivity contribution in [3.05, 3.63) is 24.0 Å². The van der Waals surface area contributed by atoms with Crippen molar-refractivity contribution in [3.63, 3.8) is 0 Å². The van der Waals surface area contributed by atoms with Gasteiger partial charge in [0.25, 0.3) is 0 Å². The molecule has 6 heteroatoms. The minimum absolute atomic E-state index is 0.0606. The molecule has 1 heterocycles. The number of anilines is 1. The fourth-order valence-electron chi connectivity index (χ4n) is 1.42. The number of pyridine rings is 1. The van der Waals surface area contributed by atoms with Crippen LogP contribution in [0.15, 0.2) is 18.5 Å². The molecule has 1 amide bonds. The maximum atomic E-state index is 11.7. The number of nitrogens with one attached hydrogen (secondary N) is 2. The first-order chi connectivity index (χ1) is 8.56. The van der Waals surface area contributed by atoms with E-state index >= 15 is 0 Å². The first-order valence-electron chi connectivity index (χ1n) is 5.84. The molecule has 0 radical (unpaired) electrons. The molecule has 4 N–H and O–H groups in total. The summed E-state index contributed by atoms with van der Waals surface area (Å²) >= 11 is 4.95. The van der Waals surface area contributed by atoms with Crippen molar-refractivity contribution in [2.75, 3.05) is 11.9 Å². The van der Waals surface area contributed by atoms with E-state index in [-0.39, 0.29) is 16.9 Å². The largest absolute Gasteiger partial charge is 0.389 e. The van der Waals surface area contributed by atoms with Gasteiger partial charge in [0.2, 0.25) is 5.91 Å². The molecule has 98 valence electrons. The normalized spacial score (nSPS) is 11.7. The third-order valence-corrected chi connectivity index (χ3v) is 2.62. The Morgan fingerprint density at radius 3 is 2.94 bits per heavy atom. The summed E-state index contributed by atoms with van der Waals surface area (Å²) < 4.78 is 0. The molecule has 1 unspecified atom stereocenters. The van der Waals surface area contributed by atoms with Crippen molar-refractivity contribution in [1.82, 2.24) is 10.3 Å². The van der Waals surface area contributed by atoms with E-state index < -0.39 is 0 Å². The van der Waals surface area contributed by atoms with Crippen LogP contribution in [0.3, 0.4) is 0 Å². The Balaban J connectivity index is 2.72. The second-order valence-electron chi connectivity index (χ2n) is 3.94. The number of amides is 1. The molecule has 0 saturated heterocycles. The van der Waals surface area contributed by atoms with Crippen LogP contribution in [0.5, 0.6) is 0 Å². The summed E-state index contributed by atoms with van der Waals surface area (Å²) in [6.07, 6.45) is 4.13. The SMILES string of the molecule is CCCNC(=O)C(C)Nc1cnccc1C(N)=S. The number of hydrogen-bond acceptors (Lipinski definition) is 4. The van der Waals surface area contributed by atoms with Crippen molar-refractivity contribution in [1.29, 1.82) is 0 Å². The van der Waals surface area contributed by atoms with Gasteiger partial charge in [0.05, 0.1) is 11.9 Å². The van der Waals surface area contributed by atoms with Crippen LogP contribution in [-0.4, -0.2) is 28.5 Å². The second-order valence-corrected chi connectivity index (χ2v) is 4.38. The summed E-state index contributed by atoms with van der Waals surface area (Å²) in [4.78, 5) is 16.0. The summed E-state index contributed by atoms with van der Waals surface area (Å²) in [5.41, 5.74) is 6.97. The highest BCUT2D eigenvalue weighted by molar-refractivity contribution is 7.80. The molecule has 5 nitrogen and oxygen atoms in total. The average Bonchev–Trinajstić information content (AvgIpc) is 2.36. The predicted octanol–water partition coefficient (Wildman–Crippen LogP) is 1.04. The molecule has 0 spiro atoms. The number of thiocarbonyl (C=S) groups is 1. The molecule has 0 aliphatic rings. The van der Waals surface area contributed by atoms with E-state index in [1.54, 1.807) is 25.4 Å². The zero-order valence-corrected chi connectivity index (χ0v) is 11.4. The summed E-state index contributed by atoms with van der Waals surface area (Å²) in [6.45, 7) is 4.45. The van der Waals surface area contributed by atoms with Crippen molar-refractivity contribution in [2.45, 2.75) is 26.3 Å². The van der Waals surface area contributed by atoms with Crippen molar-refractivity contribution in [3.8, 4) is 0 Å². The molecule has 1 aromatic heterocycles. The van der Waals surface area contributed by atoms with Crippen LogP contribution in [0.25, 0.3) is 0 Å². The second kappa shape index (κ2) is 6.90. The number of carbonyl (C=O) groups excluding carboxylic acids is 1. The minimum Gasteiger partial charge on any atom is -0.389 e. The van der Waals surface area contributed by atoms with E-state index in [0.717, 1.165) is 6.42 Å². The zero-order valence-electron chi connectivity index (χ0n) is 10.6. The quantitative estimate of drug-likeness (QED) is 0.670. The van der Waals surface area contributed by atoms with Crippen LogP contribution in [0, 0.1) is 0 Å². The van der Waals surface area contributed by atoms with Gasteiger partial charge < -0.3 is 16.4 Å². The van der Waals surface area contributed by atoms with Gasteiger partial charge in [0.15, 0.2) is 0 Å². The van der Waals surface area contributed by atoms with Crippen LogP contribution in [-0.2, 0) is 4.79 Å². The third kappa shape index (κ3) is 3.96. The molecule has 0 aliphatic heterocycles. The van der Waals surface area contributed by atoms with Crippen molar-refractivity contribution in [2.24, 2.45) is 5.73 Å². The Hall–Kier alpha value is -1.69. The Morgan fingerprint density at radius 1 is 1.61 bits per heavy atom. The maximum Gasteiger partial charge on any atom is 0.242 e. The Bertz CT molecular complexity index is 436. The smallest absolute Gasteiger partial charge is 0.242 e. The van der Waals surface area contributed by atoms with Gasteiger partial charge in [0, 0.05) is 18.3 Å². The number of rotatable bonds is 6. The number of hydrogen-bond donors (Lipinski definition) is 3. The lowest BCUT2D eigenvalue weighted by Crippen LogP contribution is -2.38. The van der Waals surface area contributed by atoms with Crippen LogP contribution < -0.4 is 16.4 Å². The van der Waals surface area contributed by atoms with E-state index in [9.17, 15) is 4.79 Å². The van der Waals surface area contributed by atoms with Crippen LogP contribution in [0.2, 0.25) is 0 Å². The van der Waals surface area contributed by atoms with E-state index in [1.165, 1.54) is 0 Å². The third-order valence-electron chi connectivity index (χ3n) is 2.40. The number of nitrogens with zero attached hydrogens (tertiary/aromatic N) is 1. The molecule has 0 fully saturated rings. The molecule has 0 aromatic carbocycles. The van der Waals surface area contributed by atoms with Gasteiger partial charge in [-0.2, -0.15) is 0 Å². The van der Waals surface area contributed by atoms with Gasteiger partial charge in [-0.3, -0.25) is 9.78 Å². The molecule has 1 atom stereocenters. The zero-order chi connectivity index (χ0) is 13.5. The summed E-state index contributed by atoms with van der Waals surface area (Å²) in [5, 5.41) is 5.87. The highest BCUT2D eigenvalue weighted by Crippen LogP contribution is 2.14. The Kier molecular flexibility index (Phi) is 5.51. The Morgan fingerprint density at radius 2 is 2.33 bits per heavy atom. The standard InChI is InChI=1S/C12H18N4OS/c1-3-5-15-12(17)8(2)16-10-7-14-6-4-9(10)11(13)18/h4,6-8,16H,3,5H2,1-2H3,(H2,13,18)(H,15,17). The van der Waals surface area contributed by atoms with Crippen molar-refractivity contribution < 1.29 is 4.79 Å². The van der Waals surface area contributed by atoms with Gasteiger partial charge in [-0.15, -0.1) is 0 Å². The molecule has 0 saturated carbocycles. The minimum atomic E-state index is -0.367. The fraction of sp³-hybridized carbons (Fsp3) is 0.417. The van der Waals surface area contributed by atoms with Crippen molar-refractivity contribution >= 4 is 28.8 Å². The summed E-state index contributed by atoms with van der Waals surface area (Å²) in [5.74, 6) is -0.0606. The molecule has 0 bridgehead atoms. The lowest BCUT2D eigenvalue weighted by atomic mass is 10.2. The highest BCUT2D eigenvalue weighted by Gasteiger charge is 2.14. The number of carbonyl (C=O) groups is 1. The van der Waals surface area contributed by atoms with Gasteiger partial charge in [-0.1, -0.05) is 19.1 Å². The van der Waals surface area contributed by atoms with E-state index in [0.29, 0.717) is 17.8 Å². The average molecular weight is 266 g/mol. The van der Waals surface area contributed by atoms with Crippen LogP contribution in [0.1, 0.15) is 25.8 Å². The monoisotopic (exact) mass is 266 g/mol. The highest BCUT2D eigenvalue weighted by atomic mass is 32.1. The van der Waals surface area contributed by atoms with Crippen LogP contribution >= 0.6 is 12.2 Å². The molecular weight excluding hydrogens is 248 g/mol. The van der Waals surface area contributed by atoms with E-state index in [2.05, 4.69) is 15.6 Å². The molecule has 1 rings (SSSR count). The molecule has 0 aliphatic carbocycles. The van der Waals surface area contributed by atoms with Gasteiger partial charge in [-0.05, 0) is 19.4 Å². The van der Waals surface area contributed by atoms with Gasteiger partial charge >= 0.3 is 0 Å². The lowest BCUT2D eigenvalue weighted by molar-refractivity contribution is -0.121. The molecule has 1 aromatic rings. The van der Waals surface area contributed by atoms with Gasteiger partial charge in [-0.25, -0.2) is 0 Å². The van der Waals surface area contributed by atoms with E-state index in [1.807, 2.05) is 6.92 Å². The summed E-state index contributed by atoms with van der Waals surface area (Å²) in [6, 6.07) is 1.36.